The summed E-state index contributed by atoms with van der Waals surface area (Å²) in [6.07, 6.45) is 7.12. The van der Waals surface area contributed by atoms with Gasteiger partial charge < -0.3 is 14.8 Å². The first-order valence-electron chi connectivity index (χ1n) is 8.89. The van der Waals surface area contributed by atoms with Crippen molar-refractivity contribution in [1.29, 1.82) is 0 Å². The zero-order valence-electron chi connectivity index (χ0n) is 13.9. The van der Waals surface area contributed by atoms with Crippen LogP contribution in [0, 0.1) is 0 Å². The molecule has 1 N–H and O–H groups in total. The molecule has 0 radical (unpaired) electrons. The van der Waals surface area contributed by atoms with Crippen molar-refractivity contribution in [3.63, 3.8) is 0 Å². The van der Waals surface area contributed by atoms with Crippen LogP contribution in [0.25, 0.3) is 0 Å². The molecule has 1 aromatic heterocycles. The van der Waals surface area contributed by atoms with E-state index in [2.05, 4.69) is 10.3 Å². The second-order valence-electron chi connectivity index (χ2n) is 6.45. The Morgan fingerprint density at radius 3 is 2.57 bits per heavy atom. The summed E-state index contributed by atoms with van der Waals surface area (Å²) >= 11 is 0. The Hall–Kier alpha value is -1.85. The van der Waals surface area contributed by atoms with Crippen LogP contribution in [0.15, 0.2) is 0 Å². The van der Waals surface area contributed by atoms with Gasteiger partial charge in [-0.2, -0.15) is 0 Å². The van der Waals surface area contributed by atoms with E-state index in [0.717, 1.165) is 63.9 Å². The van der Waals surface area contributed by atoms with E-state index in [1.165, 1.54) is 6.42 Å². The van der Waals surface area contributed by atoms with Crippen LogP contribution in [0.3, 0.4) is 0 Å². The molecule has 0 bridgehead atoms. The first kappa shape index (κ1) is 16.0. The fourth-order valence-corrected chi connectivity index (χ4v) is 3.45. The van der Waals surface area contributed by atoms with Gasteiger partial charge in [0.15, 0.2) is 5.82 Å². The normalized spacial score (nSPS) is 17.7. The van der Waals surface area contributed by atoms with E-state index in [4.69, 9.17) is 0 Å². The van der Waals surface area contributed by atoms with Crippen LogP contribution in [0.5, 0.6) is 0 Å². The number of fused-ring (bicyclic) bond motifs is 1. The Morgan fingerprint density at radius 2 is 1.83 bits per heavy atom. The lowest BCUT2D eigenvalue weighted by Crippen LogP contribution is -2.37. The predicted octanol–water partition coefficient (Wildman–Crippen LogP) is 1.99. The van der Waals surface area contributed by atoms with Crippen molar-refractivity contribution in [1.82, 2.24) is 19.8 Å². The smallest absolute Gasteiger partial charge is 0.289 e. The molecule has 126 valence electrons. The van der Waals surface area contributed by atoms with Crippen molar-refractivity contribution in [2.45, 2.75) is 58.4 Å². The molecule has 2 amide bonds. The number of likely N-dealkylation sites (tertiary alicyclic amines) is 1. The Kier molecular flexibility index (Phi) is 4.98. The van der Waals surface area contributed by atoms with Gasteiger partial charge in [0.2, 0.25) is 0 Å². The van der Waals surface area contributed by atoms with Gasteiger partial charge in [-0.25, -0.2) is 4.98 Å². The average molecular weight is 318 g/mol. The number of carbonyl (C=O) groups is 2. The third-order valence-electron chi connectivity index (χ3n) is 4.70. The molecular formula is C17H26N4O2. The lowest BCUT2D eigenvalue weighted by molar-refractivity contribution is 0.0705. The van der Waals surface area contributed by atoms with E-state index < -0.39 is 0 Å². The first-order chi connectivity index (χ1) is 11.2. The Bertz CT molecular complexity index is 588. The quantitative estimate of drug-likeness (QED) is 0.923. The molecule has 0 spiro atoms. The van der Waals surface area contributed by atoms with E-state index in [-0.39, 0.29) is 11.8 Å². The average Bonchev–Trinajstić information content (AvgIpc) is 2.99. The van der Waals surface area contributed by atoms with Crippen molar-refractivity contribution < 1.29 is 9.59 Å². The number of rotatable bonds is 4. The van der Waals surface area contributed by atoms with Gasteiger partial charge in [0, 0.05) is 26.2 Å². The molecule has 0 atom stereocenters. The predicted molar refractivity (Wildman–Crippen MR) is 87.5 cm³/mol. The van der Waals surface area contributed by atoms with E-state index in [1.54, 1.807) is 0 Å². The van der Waals surface area contributed by atoms with E-state index in [0.29, 0.717) is 18.1 Å². The van der Waals surface area contributed by atoms with Gasteiger partial charge in [0.05, 0.1) is 5.69 Å². The van der Waals surface area contributed by atoms with Crippen LogP contribution in [0.1, 0.15) is 72.3 Å². The molecule has 23 heavy (non-hydrogen) atoms. The number of carbonyl (C=O) groups excluding carboxylic acids is 2. The molecule has 3 heterocycles. The van der Waals surface area contributed by atoms with Gasteiger partial charge in [0.25, 0.3) is 11.8 Å². The standard InChI is InChI=1S/C17H26N4O2/c1-2-9-18-16(22)14-13-8-4-7-12-21(13)15(19-14)17(23)20-10-5-3-6-11-20/h2-12H2,1H3,(H,18,22). The molecule has 3 rings (SSSR count). The third-order valence-corrected chi connectivity index (χ3v) is 4.70. The van der Waals surface area contributed by atoms with Gasteiger partial charge >= 0.3 is 0 Å². The molecule has 0 saturated carbocycles. The summed E-state index contributed by atoms with van der Waals surface area (Å²) in [5, 5.41) is 2.89. The lowest BCUT2D eigenvalue weighted by atomic mass is 10.1. The van der Waals surface area contributed by atoms with Crippen molar-refractivity contribution in [2.75, 3.05) is 19.6 Å². The summed E-state index contributed by atoms with van der Waals surface area (Å²) in [5.41, 5.74) is 1.39. The summed E-state index contributed by atoms with van der Waals surface area (Å²) in [6.45, 7) is 5.06. The molecular weight excluding hydrogens is 292 g/mol. The molecule has 0 unspecified atom stereocenters. The summed E-state index contributed by atoms with van der Waals surface area (Å²) in [4.78, 5) is 31.6. The largest absolute Gasteiger partial charge is 0.351 e. The highest BCUT2D eigenvalue weighted by atomic mass is 16.2. The zero-order valence-corrected chi connectivity index (χ0v) is 13.9. The van der Waals surface area contributed by atoms with Crippen LogP contribution >= 0.6 is 0 Å². The second-order valence-corrected chi connectivity index (χ2v) is 6.45. The van der Waals surface area contributed by atoms with Crippen molar-refractivity contribution in [3.8, 4) is 0 Å². The Balaban J connectivity index is 1.89. The van der Waals surface area contributed by atoms with Crippen LogP contribution in [0.4, 0.5) is 0 Å². The van der Waals surface area contributed by atoms with E-state index in [9.17, 15) is 9.59 Å². The van der Waals surface area contributed by atoms with Gasteiger partial charge in [0.1, 0.15) is 5.69 Å². The molecule has 1 fully saturated rings. The molecule has 2 aliphatic rings. The Labute approximate surface area is 137 Å². The number of hydrogen-bond acceptors (Lipinski definition) is 3. The number of nitrogens with one attached hydrogen (secondary N) is 1. The Morgan fingerprint density at radius 1 is 1.09 bits per heavy atom. The highest BCUT2D eigenvalue weighted by molar-refractivity contribution is 5.97. The van der Waals surface area contributed by atoms with Crippen molar-refractivity contribution in [3.05, 3.63) is 17.2 Å². The molecule has 0 aliphatic carbocycles. The molecule has 6 nitrogen and oxygen atoms in total. The highest BCUT2D eigenvalue weighted by Crippen LogP contribution is 2.23. The minimum absolute atomic E-state index is 0.0117. The number of piperidine rings is 1. The van der Waals surface area contributed by atoms with Crippen LogP contribution < -0.4 is 5.32 Å². The number of imidazole rings is 1. The summed E-state index contributed by atoms with van der Waals surface area (Å²) < 4.78 is 1.99. The maximum Gasteiger partial charge on any atom is 0.289 e. The minimum Gasteiger partial charge on any atom is -0.351 e. The van der Waals surface area contributed by atoms with Gasteiger partial charge in [-0.1, -0.05) is 6.92 Å². The molecule has 6 heteroatoms. The van der Waals surface area contributed by atoms with Crippen molar-refractivity contribution in [2.24, 2.45) is 0 Å². The number of nitrogens with zero attached hydrogens (tertiary/aromatic N) is 3. The summed E-state index contributed by atoms with van der Waals surface area (Å²) in [7, 11) is 0. The van der Waals surface area contributed by atoms with Crippen molar-refractivity contribution >= 4 is 11.8 Å². The monoisotopic (exact) mass is 318 g/mol. The van der Waals surface area contributed by atoms with E-state index >= 15 is 0 Å². The maximum absolute atomic E-state index is 12.8. The fourth-order valence-electron chi connectivity index (χ4n) is 3.45. The van der Waals surface area contributed by atoms with Crippen LogP contribution in [0.2, 0.25) is 0 Å². The van der Waals surface area contributed by atoms with Gasteiger partial charge in [-0.05, 0) is 44.9 Å². The van der Waals surface area contributed by atoms with Crippen LogP contribution in [-0.2, 0) is 13.0 Å². The number of aromatic nitrogens is 2. The first-order valence-corrected chi connectivity index (χ1v) is 8.89. The molecule has 1 saturated heterocycles. The second kappa shape index (κ2) is 7.15. The minimum atomic E-state index is -0.143. The summed E-state index contributed by atoms with van der Waals surface area (Å²) in [6, 6.07) is 0. The van der Waals surface area contributed by atoms with Crippen LogP contribution in [-0.4, -0.2) is 45.9 Å². The van der Waals surface area contributed by atoms with Gasteiger partial charge in [-0.3, -0.25) is 9.59 Å². The fraction of sp³-hybridized carbons (Fsp3) is 0.706. The number of amides is 2. The summed E-state index contributed by atoms with van der Waals surface area (Å²) in [5.74, 6) is 0.306. The lowest BCUT2D eigenvalue weighted by Gasteiger charge is -2.27. The topological polar surface area (TPSA) is 67.2 Å². The maximum atomic E-state index is 12.8. The molecule has 2 aliphatic heterocycles. The SMILES string of the molecule is CCCNC(=O)c1nc(C(=O)N2CCCCC2)n2c1CCCC2. The highest BCUT2D eigenvalue weighted by Gasteiger charge is 2.30. The van der Waals surface area contributed by atoms with Gasteiger partial charge in [-0.15, -0.1) is 0 Å². The molecule has 0 aromatic carbocycles. The third kappa shape index (κ3) is 3.26. The number of hydrogen-bond donors (Lipinski definition) is 1. The molecule has 1 aromatic rings. The zero-order chi connectivity index (χ0) is 16.2. The van der Waals surface area contributed by atoms with E-state index in [1.807, 2.05) is 16.4 Å².